The van der Waals surface area contributed by atoms with E-state index < -0.39 is 0 Å². The minimum absolute atomic E-state index is 0.777. The minimum atomic E-state index is 0.777. The van der Waals surface area contributed by atoms with Crippen molar-refractivity contribution in [2.24, 2.45) is 0 Å². The molecule has 1 heterocycles. The molecule has 1 aromatic heterocycles. The van der Waals surface area contributed by atoms with E-state index in [1.54, 1.807) is 0 Å². The summed E-state index contributed by atoms with van der Waals surface area (Å²) in [7, 11) is 0. The molecule has 3 rings (SSSR count). The van der Waals surface area contributed by atoms with Gasteiger partial charge in [-0.2, -0.15) is 0 Å². The molecular formula is C14H14ClN3. The summed E-state index contributed by atoms with van der Waals surface area (Å²) in [5.41, 5.74) is 4.60. The Labute approximate surface area is 111 Å². The van der Waals surface area contributed by atoms with Gasteiger partial charge in [-0.15, -0.1) is 10.2 Å². The Kier molecular flexibility index (Phi) is 2.92. The molecule has 0 saturated heterocycles. The zero-order valence-electron chi connectivity index (χ0n) is 10.2. The van der Waals surface area contributed by atoms with Gasteiger partial charge in [0.2, 0.25) is 0 Å². The van der Waals surface area contributed by atoms with Crippen LogP contribution in [0.3, 0.4) is 0 Å². The molecule has 0 bridgehead atoms. The van der Waals surface area contributed by atoms with Gasteiger partial charge in [-0.3, -0.25) is 0 Å². The molecule has 2 aromatic rings. The summed E-state index contributed by atoms with van der Waals surface area (Å²) in [4.78, 5) is 0. The molecule has 1 aliphatic rings. The third-order valence-corrected chi connectivity index (χ3v) is 3.37. The van der Waals surface area contributed by atoms with Crippen LogP contribution in [-0.2, 0) is 6.42 Å². The van der Waals surface area contributed by atoms with Crippen LogP contribution < -0.4 is 5.32 Å². The number of hydrogen-bond donors (Lipinski definition) is 1. The number of anilines is 1. The second-order valence-electron chi connectivity index (χ2n) is 4.51. The van der Waals surface area contributed by atoms with Crippen molar-refractivity contribution in [2.45, 2.75) is 19.8 Å². The fourth-order valence-corrected chi connectivity index (χ4v) is 2.47. The minimum Gasteiger partial charge on any atom is -0.369 e. The quantitative estimate of drug-likeness (QED) is 0.782. The van der Waals surface area contributed by atoms with Gasteiger partial charge in [-0.25, -0.2) is 0 Å². The van der Waals surface area contributed by atoms with Crippen LogP contribution in [0.15, 0.2) is 24.3 Å². The lowest BCUT2D eigenvalue weighted by Crippen LogP contribution is -2.03. The number of hydrogen-bond acceptors (Lipinski definition) is 3. The third-order valence-electron chi connectivity index (χ3n) is 3.13. The average molecular weight is 260 g/mol. The van der Waals surface area contributed by atoms with Gasteiger partial charge in [0.25, 0.3) is 0 Å². The van der Waals surface area contributed by atoms with Gasteiger partial charge < -0.3 is 5.32 Å². The first-order valence-corrected chi connectivity index (χ1v) is 6.55. The van der Waals surface area contributed by atoms with Crippen LogP contribution in [0.2, 0.25) is 5.02 Å². The fourth-order valence-electron chi connectivity index (χ4n) is 2.28. The molecule has 0 aliphatic heterocycles. The Morgan fingerprint density at radius 2 is 2.11 bits per heavy atom. The molecule has 3 nitrogen and oxygen atoms in total. The lowest BCUT2D eigenvalue weighted by atomic mass is 10.1. The van der Waals surface area contributed by atoms with Crippen molar-refractivity contribution in [1.82, 2.24) is 10.2 Å². The molecule has 92 valence electrons. The molecule has 0 atom stereocenters. The lowest BCUT2D eigenvalue weighted by molar-refractivity contribution is 0.942. The predicted molar refractivity (Wildman–Crippen MR) is 74.1 cm³/mol. The topological polar surface area (TPSA) is 37.8 Å². The molecule has 1 aliphatic carbocycles. The number of benzene rings is 1. The third kappa shape index (κ3) is 1.95. The van der Waals surface area contributed by atoms with E-state index in [2.05, 4.69) is 28.5 Å². The molecule has 0 unspecified atom stereocenters. The first kappa shape index (κ1) is 11.5. The predicted octanol–water partition coefficient (Wildman–Crippen LogP) is 3.52. The summed E-state index contributed by atoms with van der Waals surface area (Å²) in [6.45, 7) is 3.05. The normalized spacial score (nSPS) is 12.1. The Morgan fingerprint density at radius 1 is 1.22 bits per heavy atom. The van der Waals surface area contributed by atoms with Crippen LogP contribution >= 0.6 is 11.6 Å². The van der Waals surface area contributed by atoms with Crippen LogP contribution in [0.4, 0.5) is 5.82 Å². The molecule has 18 heavy (non-hydrogen) atoms. The highest BCUT2D eigenvalue weighted by atomic mass is 35.5. The van der Waals surface area contributed by atoms with Crippen LogP contribution in [0.25, 0.3) is 11.3 Å². The SMILES string of the molecule is CCCNc1cc2c(nn1)-c1ccc(Cl)cc1C2. The summed E-state index contributed by atoms with van der Waals surface area (Å²) < 4.78 is 0. The van der Waals surface area contributed by atoms with Gasteiger partial charge in [-0.05, 0) is 35.7 Å². The molecular weight excluding hydrogens is 246 g/mol. The second-order valence-corrected chi connectivity index (χ2v) is 4.94. The van der Waals surface area contributed by atoms with Crippen molar-refractivity contribution < 1.29 is 0 Å². The van der Waals surface area contributed by atoms with Gasteiger partial charge in [0.05, 0.1) is 5.69 Å². The number of halogens is 1. The maximum absolute atomic E-state index is 6.02. The largest absolute Gasteiger partial charge is 0.369 e. The zero-order valence-corrected chi connectivity index (χ0v) is 11.0. The van der Waals surface area contributed by atoms with Gasteiger partial charge in [0, 0.05) is 23.6 Å². The van der Waals surface area contributed by atoms with Crippen LogP contribution in [0.5, 0.6) is 0 Å². The molecule has 1 N–H and O–H groups in total. The van der Waals surface area contributed by atoms with E-state index in [-0.39, 0.29) is 0 Å². The Bertz CT molecular complexity index is 596. The van der Waals surface area contributed by atoms with E-state index in [0.29, 0.717) is 0 Å². The molecule has 0 spiro atoms. The highest BCUT2D eigenvalue weighted by molar-refractivity contribution is 6.30. The monoisotopic (exact) mass is 259 g/mol. The van der Waals surface area contributed by atoms with Crippen LogP contribution in [-0.4, -0.2) is 16.7 Å². The van der Waals surface area contributed by atoms with E-state index in [4.69, 9.17) is 11.6 Å². The van der Waals surface area contributed by atoms with E-state index in [0.717, 1.165) is 41.5 Å². The van der Waals surface area contributed by atoms with Gasteiger partial charge in [0.1, 0.15) is 5.82 Å². The van der Waals surface area contributed by atoms with Crippen molar-refractivity contribution >= 4 is 17.4 Å². The Balaban J connectivity index is 1.96. The molecule has 0 fully saturated rings. The van der Waals surface area contributed by atoms with Crippen molar-refractivity contribution in [2.75, 3.05) is 11.9 Å². The van der Waals surface area contributed by atoms with Crippen LogP contribution in [0, 0.1) is 0 Å². The molecule has 4 heteroatoms. The molecule has 1 aromatic carbocycles. The maximum Gasteiger partial charge on any atom is 0.148 e. The maximum atomic E-state index is 6.02. The lowest BCUT2D eigenvalue weighted by Gasteiger charge is -2.04. The van der Waals surface area contributed by atoms with Crippen molar-refractivity contribution in [3.63, 3.8) is 0 Å². The highest BCUT2D eigenvalue weighted by Crippen LogP contribution is 2.36. The summed E-state index contributed by atoms with van der Waals surface area (Å²) in [5, 5.41) is 12.6. The number of rotatable bonds is 3. The number of aromatic nitrogens is 2. The van der Waals surface area contributed by atoms with E-state index in [1.807, 2.05) is 18.2 Å². The summed E-state index contributed by atoms with van der Waals surface area (Å²) in [5.74, 6) is 0.856. The average Bonchev–Trinajstić information content (AvgIpc) is 2.72. The highest BCUT2D eigenvalue weighted by Gasteiger charge is 2.20. The van der Waals surface area contributed by atoms with Gasteiger partial charge >= 0.3 is 0 Å². The molecule has 0 radical (unpaired) electrons. The van der Waals surface area contributed by atoms with Gasteiger partial charge in [-0.1, -0.05) is 24.6 Å². The second kappa shape index (κ2) is 4.58. The van der Waals surface area contributed by atoms with E-state index in [1.165, 1.54) is 11.1 Å². The number of nitrogens with zero attached hydrogens (tertiary/aromatic N) is 2. The molecule has 0 saturated carbocycles. The Morgan fingerprint density at radius 3 is 2.94 bits per heavy atom. The first-order chi connectivity index (χ1) is 8.78. The summed E-state index contributed by atoms with van der Waals surface area (Å²) >= 11 is 6.02. The van der Waals surface area contributed by atoms with Crippen molar-refractivity contribution in [1.29, 1.82) is 0 Å². The summed E-state index contributed by atoms with van der Waals surface area (Å²) in [6.07, 6.45) is 1.97. The van der Waals surface area contributed by atoms with Crippen molar-refractivity contribution in [3.8, 4) is 11.3 Å². The fraction of sp³-hybridized carbons (Fsp3) is 0.286. The zero-order chi connectivity index (χ0) is 12.5. The molecule has 0 amide bonds. The van der Waals surface area contributed by atoms with Crippen molar-refractivity contribution in [3.05, 3.63) is 40.4 Å². The summed E-state index contributed by atoms with van der Waals surface area (Å²) in [6, 6.07) is 8.03. The van der Waals surface area contributed by atoms with Crippen LogP contribution in [0.1, 0.15) is 24.5 Å². The number of nitrogens with one attached hydrogen (secondary N) is 1. The smallest absolute Gasteiger partial charge is 0.148 e. The van der Waals surface area contributed by atoms with E-state index >= 15 is 0 Å². The standard InChI is InChI=1S/C14H14ClN3/c1-2-5-16-13-8-10-6-9-7-11(15)3-4-12(9)14(10)18-17-13/h3-4,7-8H,2,5-6H2,1H3,(H,16,17). The Hall–Kier alpha value is -1.61. The van der Waals surface area contributed by atoms with Gasteiger partial charge in [0.15, 0.2) is 0 Å². The van der Waals surface area contributed by atoms with E-state index in [9.17, 15) is 0 Å². The number of fused-ring (bicyclic) bond motifs is 3. The first-order valence-electron chi connectivity index (χ1n) is 6.17.